The van der Waals surface area contributed by atoms with Crippen LogP contribution < -0.4 is 15.0 Å². The lowest BCUT2D eigenvalue weighted by molar-refractivity contribution is 0.0696. The zero-order valence-electron chi connectivity index (χ0n) is 9.78. The molecule has 2 aromatic heterocycles. The molecule has 0 amide bonds. The molecule has 0 fully saturated rings. The van der Waals surface area contributed by atoms with E-state index in [9.17, 15) is 9.59 Å². The van der Waals surface area contributed by atoms with Gasteiger partial charge in [0.05, 0.1) is 25.2 Å². The van der Waals surface area contributed by atoms with Gasteiger partial charge in [-0.15, -0.1) is 0 Å². The number of nitrogens with zero attached hydrogens (tertiary/aromatic N) is 2. The average Bonchev–Trinajstić information content (AvgIpc) is 2.39. The molecule has 2 aromatic rings. The fourth-order valence-corrected chi connectivity index (χ4v) is 1.33. The van der Waals surface area contributed by atoms with Crippen molar-refractivity contribution in [1.29, 1.82) is 0 Å². The van der Waals surface area contributed by atoms with Crippen LogP contribution in [0.4, 0.5) is 0 Å². The molecule has 0 atom stereocenters. The van der Waals surface area contributed by atoms with Gasteiger partial charge in [0.2, 0.25) is 5.75 Å². The maximum atomic E-state index is 11.4. The average molecular weight is 263 g/mol. The summed E-state index contributed by atoms with van der Waals surface area (Å²) in [6.45, 7) is 0. The van der Waals surface area contributed by atoms with Crippen molar-refractivity contribution in [2.24, 2.45) is 0 Å². The van der Waals surface area contributed by atoms with Crippen molar-refractivity contribution in [3.63, 3.8) is 0 Å². The molecule has 0 spiro atoms. The zero-order chi connectivity index (χ0) is 13.8. The number of carboxylic acid groups (broad SMARTS) is 1. The predicted molar refractivity (Wildman–Crippen MR) is 62.7 cm³/mol. The fraction of sp³-hybridized carbons (Fsp3) is 0.0909. The van der Waals surface area contributed by atoms with E-state index in [2.05, 4.69) is 15.0 Å². The van der Waals surface area contributed by atoms with Gasteiger partial charge in [-0.2, -0.15) is 0 Å². The van der Waals surface area contributed by atoms with Crippen molar-refractivity contribution < 1.29 is 19.4 Å². The quantitative estimate of drug-likeness (QED) is 0.832. The van der Waals surface area contributed by atoms with E-state index in [1.807, 2.05) is 0 Å². The summed E-state index contributed by atoms with van der Waals surface area (Å²) in [7, 11) is 1.30. The summed E-state index contributed by atoms with van der Waals surface area (Å²) in [6, 6.07) is 1.26. The molecule has 2 N–H and O–H groups in total. The van der Waals surface area contributed by atoms with Gasteiger partial charge in [0, 0.05) is 6.20 Å². The van der Waals surface area contributed by atoms with Gasteiger partial charge in [0.15, 0.2) is 0 Å². The maximum absolute atomic E-state index is 11.4. The largest absolute Gasteiger partial charge is 0.487 e. The van der Waals surface area contributed by atoms with Crippen LogP contribution in [0.25, 0.3) is 0 Å². The van der Waals surface area contributed by atoms with Crippen LogP contribution in [-0.2, 0) is 0 Å². The first-order valence-electron chi connectivity index (χ1n) is 5.09. The van der Waals surface area contributed by atoms with Crippen molar-refractivity contribution in [2.45, 2.75) is 0 Å². The number of hydrogen-bond acceptors (Lipinski definition) is 6. The molecule has 0 aromatic carbocycles. The third-order valence-corrected chi connectivity index (χ3v) is 2.16. The Bertz CT molecular complexity index is 667. The lowest BCUT2D eigenvalue weighted by atomic mass is 10.3. The monoisotopic (exact) mass is 263 g/mol. The Hall–Kier alpha value is -2.90. The standard InChI is InChI=1S/C11H9N3O5/c1-18-8-9(15)13-5-14-10(8)19-7-2-6(11(16)17)3-12-4-7/h2-5H,1H3,(H,16,17)(H,13,14,15). The summed E-state index contributed by atoms with van der Waals surface area (Å²) in [6.07, 6.45) is 3.63. The molecule has 0 saturated heterocycles. The van der Waals surface area contributed by atoms with Crippen LogP contribution in [0.1, 0.15) is 10.4 Å². The number of methoxy groups -OCH3 is 1. The van der Waals surface area contributed by atoms with Crippen molar-refractivity contribution >= 4 is 5.97 Å². The Labute approximate surface area is 106 Å². The lowest BCUT2D eigenvalue weighted by Gasteiger charge is -2.07. The van der Waals surface area contributed by atoms with Crippen LogP contribution in [0.3, 0.4) is 0 Å². The number of ether oxygens (including phenoxy) is 2. The van der Waals surface area contributed by atoms with Gasteiger partial charge in [-0.25, -0.2) is 9.78 Å². The molecular weight excluding hydrogens is 254 g/mol. The first-order chi connectivity index (χ1) is 9.11. The van der Waals surface area contributed by atoms with Gasteiger partial charge in [-0.3, -0.25) is 9.78 Å². The summed E-state index contributed by atoms with van der Waals surface area (Å²) in [5.74, 6) is -1.18. The highest BCUT2D eigenvalue weighted by molar-refractivity contribution is 5.87. The second-order valence-electron chi connectivity index (χ2n) is 3.39. The van der Waals surface area contributed by atoms with Crippen LogP contribution in [0, 0.1) is 0 Å². The summed E-state index contributed by atoms with van der Waals surface area (Å²) >= 11 is 0. The van der Waals surface area contributed by atoms with Gasteiger partial charge in [0.25, 0.3) is 11.4 Å². The van der Waals surface area contributed by atoms with Crippen molar-refractivity contribution in [2.75, 3.05) is 7.11 Å². The zero-order valence-corrected chi connectivity index (χ0v) is 9.78. The van der Waals surface area contributed by atoms with Crippen LogP contribution in [0.15, 0.2) is 29.6 Å². The minimum absolute atomic E-state index is 0.0405. The van der Waals surface area contributed by atoms with Gasteiger partial charge in [0.1, 0.15) is 5.75 Å². The molecule has 0 unspecified atom stereocenters. The van der Waals surface area contributed by atoms with Crippen LogP contribution >= 0.6 is 0 Å². The van der Waals surface area contributed by atoms with E-state index in [1.54, 1.807) is 0 Å². The molecule has 8 nitrogen and oxygen atoms in total. The van der Waals surface area contributed by atoms with E-state index in [0.29, 0.717) is 0 Å². The van der Waals surface area contributed by atoms with Crippen LogP contribution in [0.2, 0.25) is 0 Å². The van der Waals surface area contributed by atoms with Gasteiger partial charge < -0.3 is 19.6 Å². The van der Waals surface area contributed by atoms with Gasteiger partial charge in [-0.05, 0) is 6.07 Å². The van der Waals surface area contributed by atoms with E-state index in [1.165, 1.54) is 25.6 Å². The molecule has 0 bridgehead atoms. The second kappa shape index (κ2) is 5.17. The topological polar surface area (TPSA) is 114 Å². The van der Waals surface area contributed by atoms with Gasteiger partial charge in [-0.1, -0.05) is 0 Å². The SMILES string of the molecule is COc1c(Oc2cncc(C(=O)O)c2)nc[nH]c1=O. The number of carboxylic acids is 1. The third kappa shape index (κ3) is 2.68. The Morgan fingerprint density at radius 3 is 2.89 bits per heavy atom. The number of carbonyl (C=O) groups is 1. The Balaban J connectivity index is 2.36. The predicted octanol–water partition coefficient (Wildman–Crippen LogP) is 0.664. The summed E-state index contributed by atoms with van der Waals surface area (Å²) in [5, 5.41) is 8.83. The van der Waals surface area contributed by atoms with E-state index < -0.39 is 11.5 Å². The highest BCUT2D eigenvalue weighted by Gasteiger charge is 2.12. The Kier molecular flexibility index (Phi) is 3.42. The van der Waals surface area contributed by atoms with Crippen LogP contribution in [0.5, 0.6) is 17.4 Å². The number of aromatic carboxylic acids is 1. The van der Waals surface area contributed by atoms with E-state index >= 15 is 0 Å². The molecule has 19 heavy (non-hydrogen) atoms. The van der Waals surface area contributed by atoms with Crippen molar-refractivity contribution in [3.05, 3.63) is 40.7 Å². The molecule has 0 aliphatic heterocycles. The van der Waals surface area contributed by atoms with Gasteiger partial charge >= 0.3 is 5.97 Å². The highest BCUT2D eigenvalue weighted by atomic mass is 16.5. The molecule has 2 heterocycles. The molecular formula is C11H9N3O5. The fourth-order valence-electron chi connectivity index (χ4n) is 1.33. The molecule has 8 heteroatoms. The number of aromatic amines is 1. The number of nitrogens with one attached hydrogen (secondary N) is 1. The summed E-state index contributed by atoms with van der Waals surface area (Å²) < 4.78 is 10.1. The minimum Gasteiger partial charge on any atom is -0.487 e. The number of pyridine rings is 1. The van der Waals surface area contributed by atoms with Crippen molar-refractivity contribution in [3.8, 4) is 17.4 Å². The van der Waals surface area contributed by atoms with Crippen LogP contribution in [-0.4, -0.2) is 33.1 Å². The number of aromatic nitrogens is 3. The van der Waals surface area contributed by atoms with E-state index in [0.717, 1.165) is 6.33 Å². The van der Waals surface area contributed by atoms with E-state index in [-0.39, 0.29) is 22.9 Å². The smallest absolute Gasteiger partial charge is 0.337 e. The summed E-state index contributed by atoms with van der Waals surface area (Å²) in [5.41, 5.74) is -0.545. The Morgan fingerprint density at radius 1 is 1.42 bits per heavy atom. The third-order valence-electron chi connectivity index (χ3n) is 2.16. The highest BCUT2D eigenvalue weighted by Crippen LogP contribution is 2.25. The molecule has 0 aliphatic rings. The lowest BCUT2D eigenvalue weighted by Crippen LogP contribution is -2.11. The van der Waals surface area contributed by atoms with E-state index in [4.69, 9.17) is 14.6 Å². The maximum Gasteiger partial charge on any atom is 0.337 e. The molecule has 98 valence electrons. The number of H-pyrrole nitrogens is 1. The molecule has 0 radical (unpaired) electrons. The molecule has 2 rings (SSSR count). The normalized spacial score (nSPS) is 9.95. The second-order valence-corrected chi connectivity index (χ2v) is 3.39. The number of rotatable bonds is 4. The summed E-state index contributed by atoms with van der Waals surface area (Å²) in [4.78, 5) is 32.1. The molecule has 0 saturated carbocycles. The number of hydrogen-bond donors (Lipinski definition) is 2. The first kappa shape index (κ1) is 12.6. The minimum atomic E-state index is -1.14. The molecule has 0 aliphatic carbocycles. The van der Waals surface area contributed by atoms with Crippen molar-refractivity contribution in [1.82, 2.24) is 15.0 Å². The first-order valence-corrected chi connectivity index (χ1v) is 5.09. The Morgan fingerprint density at radius 2 is 2.21 bits per heavy atom.